The number of nitrogens with one attached hydrogen (secondary N) is 2. The normalized spacial score (nSPS) is 10.8. The van der Waals surface area contributed by atoms with Crippen molar-refractivity contribution < 1.29 is 9.21 Å². The Kier molecular flexibility index (Phi) is 5.49. The van der Waals surface area contributed by atoms with E-state index in [-0.39, 0.29) is 12.5 Å². The number of carbonyl (C=O) groups is 1. The van der Waals surface area contributed by atoms with E-state index in [0.717, 1.165) is 11.3 Å². The molecule has 0 fully saturated rings. The van der Waals surface area contributed by atoms with Crippen LogP contribution in [0.1, 0.15) is 5.76 Å². The number of rotatable bonds is 6. The van der Waals surface area contributed by atoms with E-state index < -0.39 is 0 Å². The zero-order valence-corrected chi connectivity index (χ0v) is 14.0. The van der Waals surface area contributed by atoms with Crippen LogP contribution in [0.5, 0.6) is 0 Å². The number of hydrazone groups is 1. The van der Waals surface area contributed by atoms with Crippen LogP contribution in [0.2, 0.25) is 5.02 Å². The lowest BCUT2D eigenvalue weighted by molar-refractivity contribution is -0.119. The van der Waals surface area contributed by atoms with E-state index in [2.05, 4.69) is 15.8 Å². The van der Waals surface area contributed by atoms with Crippen molar-refractivity contribution in [3.05, 3.63) is 77.5 Å². The van der Waals surface area contributed by atoms with Gasteiger partial charge in [0, 0.05) is 16.3 Å². The number of furan rings is 1. The summed E-state index contributed by atoms with van der Waals surface area (Å²) in [6, 6.07) is 20.4. The highest BCUT2D eigenvalue weighted by molar-refractivity contribution is 6.30. The van der Waals surface area contributed by atoms with Crippen LogP contribution in [0.15, 0.2) is 76.2 Å². The van der Waals surface area contributed by atoms with E-state index in [1.807, 2.05) is 48.5 Å². The van der Waals surface area contributed by atoms with Crippen LogP contribution in [0.3, 0.4) is 0 Å². The molecule has 0 aliphatic heterocycles. The molecule has 6 heteroatoms. The average Bonchev–Trinajstić information content (AvgIpc) is 3.10. The minimum atomic E-state index is -0.246. The predicted molar refractivity (Wildman–Crippen MR) is 99.8 cm³/mol. The molecule has 3 rings (SSSR count). The van der Waals surface area contributed by atoms with Gasteiger partial charge in [-0.3, -0.25) is 4.79 Å². The molecule has 0 radical (unpaired) electrons. The zero-order chi connectivity index (χ0) is 17.5. The Morgan fingerprint density at radius 2 is 1.80 bits per heavy atom. The quantitative estimate of drug-likeness (QED) is 0.516. The molecule has 0 saturated carbocycles. The molecular weight excluding hydrogens is 338 g/mol. The second-order valence-corrected chi connectivity index (χ2v) is 5.66. The maximum Gasteiger partial charge on any atom is 0.259 e. The van der Waals surface area contributed by atoms with Gasteiger partial charge in [-0.1, -0.05) is 29.8 Å². The molecule has 0 spiro atoms. The first-order valence-corrected chi connectivity index (χ1v) is 8.05. The van der Waals surface area contributed by atoms with Crippen molar-refractivity contribution in [2.75, 3.05) is 11.9 Å². The molecule has 0 unspecified atom stereocenters. The van der Waals surface area contributed by atoms with Crippen LogP contribution in [0, 0.1) is 0 Å². The van der Waals surface area contributed by atoms with Crippen LogP contribution in [-0.4, -0.2) is 18.7 Å². The summed E-state index contributed by atoms with van der Waals surface area (Å²) in [5, 5.41) is 7.57. The van der Waals surface area contributed by atoms with Gasteiger partial charge in [0.05, 0.1) is 12.8 Å². The highest BCUT2D eigenvalue weighted by Crippen LogP contribution is 2.23. The molecule has 1 amide bonds. The second-order valence-electron chi connectivity index (χ2n) is 5.22. The van der Waals surface area contributed by atoms with Crippen LogP contribution in [-0.2, 0) is 4.79 Å². The average molecular weight is 354 g/mol. The maximum atomic E-state index is 11.7. The van der Waals surface area contributed by atoms with Crippen molar-refractivity contribution in [2.24, 2.45) is 5.10 Å². The fourth-order valence-electron chi connectivity index (χ4n) is 2.14. The first-order chi connectivity index (χ1) is 12.2. The fraction of sp³-hybridized carbons (Fsp3) is 0.0526. The summed E-state index contributed by atoms with van der Waals surface area (Å²) in [6.07, 6.45) is 1.46. The highest BCUT2D eigenvalue weighted by Gasteiger charge is 2.04. The van der Waals surface area contributed by atoms with Gasteiger partial charge in [-0.05, 0) is 48.5 Å². The third-order valence-electron chi connectivity index (χ3n) is 3.36. The molecule has 126 valence electrons. The molecule has 0 aliphatic carbocycles. The van der Waals surface area contributed by atoms with E-state index in [9.17, 15) is 4.79 Å². The number of benzene rings is 2. The Hall–Kier alpha value is -3.05. The first-order valence-electron chi connectivity index (χ1n) is 7.67. The third-order valence-corrected chi connectivity index (χ3v) is 3.62. The molecule has 0 atom stereocenters. The van der Waals surface area contributed by atoms with E-state index >= 15 is 0 Å². The molecule has 0 aliphatic rings. The number of hydrogen-bond donors (Lipinski definition) is 2. The summed E-state index contributed by atoms with van der Waals surface area (Å²) in [7, 11) is 0. The molecule has 0 bridgehead atoms. The Bertz CT molecular complexity index is 858. The summed E-state index contributed by atoms with van der Waals surface area (Å²) in [4.78, 5) is 11.7. The molecule has 0 saturated heterocycles. The number of para-hydroxylation sites is 1. The Labute approximate surface area is 150 Å². The van der Waals surface area contributed by atoms with Crippen LogP contribution in [0.4, 0.5) is 5.69 Å². The largest absolute Gasteiger partial charge is 0.455 e. The summed E-state index contributed by atoms with van der Waals surface area (Å²) in [5.74, 6) is 1.00. The number of nitrogens with zero attached hydrogens (tertiary/aromatic N) is 1. The van der Waals surface area contributed by atoms with Crippen LogP contribution in [0.25, 0.3) is 11.3 Å². The lowest BCUT2D eigenvalue weighted by atomic mass is 10.2. The Balaban J connectivity index is 1.50. The van der Waals surface area contributed by atoms with Crippen molar-refractivity contribution >= 4 is 29.4 Å². The molecule has 1 heterocycles. The molecule has 25 heavy (non-hydrogen) atoms. The van der Waals surface area contributed by atoms with Crippen molar-refractivity contribution in [1.82, 2.24) is 5.43 Å². The molecule has 2 aromatic carbocycles. The van der Waals surface area contributed by atoms with Gasteiger partial charge in [0.15, 0.2) is 0 Å². The van der Waals surface area contributed by atoms with Gasteiger partial charge in [-0.2, -0.15) is 5.10 Å². The lowest BCUT2D eigenvalue weighted by Gasteiger charge is -2.04. The standard InChI is InChI=1S/C19H16ClN3O2/c20-15-8-6-14(7-9-15)18-11-10-17(25-18)12-22-23-19(24)13-21-16-4-2-1-3-5-16/h1-12,21H,13H2,(H,23,24)/b22-12-. The maximum absolute atomic E-state index is 11.7. The summed E-state index contributed by atoms with van der Waals surface area (Å²) < 4.78 is 5.66. The van der Waals surface area contributed by atoms with Crippen molar-refractivity contribution in [1.29, 1.82) is 0 Å². The van der Waals surface area contributed by atoms with Gasteiger partial charge in [-0.25, -0.2) is 5.43 Å². The van der Waals surface area contributed by atoms with E-state index in [1.165, 1.54) is 6.21 Å². The van der Waals surface area contributed by atoms with E-state index in [4.69, 9.17) is 16.0 Å². The fourth-order valence-corrected chi connectivity index (χ4v) is 2.26. The number of amides is 1. The minimum absolute atomic E-state index is 0.134. The molecule has 3 aromatic rings. The summed E-state index contributed by atoms with van der Waals surface area (Å²) in [6.45, 7) is 0.134. The minimum Gasteiger partial charge on any atom is -0.455 e. The highest BCUT2D eigenvalue weighted by atomic mass is 35.5. The zero-order valence-electron chi connectivity index (χ0n) is 13.3. The number of hydrogen-bond acceptors (Lipinski definition) is 4. The summed E-state index contributed by atoms with van der Waals surface area (Å²) in [5.41, 5.74) is 4.24. The molecule has 1 aromatic heterocycles. The first kappa shape index (κ1) is 16.8. The second kappa shape index (κ2) is 8.17. The van der Waals surface area contributed by atoms with Crippen molar-refractivity contribution in [2.45, 2.75) is 0 Å². The lowest BCUT2D eigenvalue weighted by Crippen LogP contribution is -2.25. The van der Waals surface area contributed by atoms with E-state index in [0.29, 0.717) is 16.5 Å². The SMILES string of the molecule is O=C(CNc1ccccc1)N/N=C\c1ccc(-c2ccc(Cl)cc2)o1. The predicted octanol–water partition coefficient (Wildman–Crippen LogP) is 4.16. The monoisotopic (exact) mass is 353 g/mol. The van der Waals surface area contributed by atoms with Crippen LogP contribution < -0.4 is 10.7 Å². The summed E-state index contributed by atoms with van der Waals surface area (Å²) >= 11 is 5.87. The van der Waals surface area contributed by atoms with E-state index in [1.54, 1.807) is 18.2 Å². The van der Waals surface area contributed by atoms with Gasteiger partial charge in [0.25, 0.3) is 5.91 Å². The topological polar surface area (TPSA) is 66.6 Å². The van der Waals surface area contributed by atoms with Crippen LogP contribution >= 0.6 is 11.6 Å². The Morgan fingerprint density at radius 3 is 2.56 bits per heavy atom. The van der Waals surface area contributed by atoms with Crippen molar-refractivity contribution in [3.8, 4) is 11.3 Å². The van der Waals surface area contributed by atoms with Gasteiger partial charge in [0.2, 0.25) is 0 Å². The Morgan fingerprint density at radius 1 is 1.04 bits per heavy atom. The van der Waals surface area contributed by atoms with Gasteiger partial charge < -0.3 is 9.73 Å². The number of halogens is 1. The number of carbonyl (C=O) groups excluding carboxylic acids is 1. The molecular formula is C19H16ClN3O2. The van der Waals surface area contributed by atoms with Gasteiger partial charge >= 0.3 is 0 Å². The smallest absolute Gasteiger partial charge is 0.259 e. The molecule has 2 N–H and O–H groups in total. The van der Waals surface area contributed by atoms with Gasteiger partial charge in [0.1, 0.15) is 11.5 Å². The van der Waals surface area contributed by atoms with Gasteiger partial charge in [-0.15, -0.1) is 0 Å². The molecule has 5 nitrogen and oxygen atoms in total. The van der Waals surface area contributed by atoms with Crippen molar-refractivity contribution in [3.63, 3.8) is 0 Å². The third kappa shape index (κ3) is 4.96. The number of anilines is 1.